The molecule has 1 aliphatic rings. The van der Waals surface area contributed by atoms with E-state index in [1.165, 1.54) is 18.7 Å². The first-order chi connectivity index (χ1) is 5.83. The van der Waals surface area contributed by atoms with E-state index in [0.29, 0.717) is 5.78 Å². The molecule has 0 aromatic rings. The standard InChI is InChI=1S/C9H17NOS/c1-12-8-2-5-10-6-3-9(11)4-7-10/h2-8H2,1H3. The summed E-state index contributed by atoms with van der Waals surface area (Å²) in [6, 6.07) is 0. The van der Waals surface area contributed by atoms with Crippen LogP contribution in [0.15, 0.2) is 0 Å². The molecule has 0 aliphatic carbocycles. The second kappa shape index (κ2) is 5.60. The van der Waals surface area contributed by atoms with Crippen molar-refractivity contribution in [3.05, 3.63) is 0 Å². The molecule has 0 amide bonds. The van der Waals surface area contributed by atoms with Gasteiger partial charge in [0.2, 0.25) is 0 Å². The van der Waals surface area contributed by atoms with Crippen LogP contribution < -0.4 is 0 Å². The summed E-state index contributed by atoms with van der Waals surface area (Å²) in [7, 11) is 0. The van der Waals surface area contributed by atoms with E-state index in [9.17, 15) is 4.79 Å². The van der Waals surface area contributed by atoms with Gasteiger partial charge in [0, 0.05) is 25.9 Å². The number of hydrogen-bond donors (Lipinski definition) is 0. The van der Waals surface area contributed by atoms with Gasteiger partial charge in [-0.05, 0) is 25.0 Å². The van der Waals surface area contributed by atoms with Crippen LogP contribution in [-0.2, 0) is 4.79 Å². The van der Waals surface area contributed by atoms with Crippen LogP contribution in [-0.4, -0.2) is 42.3 Å². The SMILES string of the molecule is CSCCCN1CCC(=O)CC1. The van der Waals surface area contributed by atoms with E-state index in [-0.39, 0.29) is 0 Å². The molecule has 1 aliphatic heterocycles. The van der Waals surface area contributed by atoms with Gasteiger partial charge in [0.05, 0.1) is 0 Å². The second-order valence-corrected chi connectivity index (χ2v) is 4.21. The Morgan fingerprint density at radius 2 is 2.08 bits per heavy atom. The lowest BCUT2D eigenvalue weighted by Gasteiger charge is -2.25. The first-order valence-electron chi connectivity index (χ1n) is 4.56. The second-order valence-electron chi connectivity index (χ2n) is 3.23. The van der Waals surface area contributed by atoms with Crippen molar-refractivity contribution in [1.29, 1.82) is 0 Å². The van der Waals surface area contributed by atoms with Gasteiger partial charge < -0.3 is 4.90 Å². The van der Waals surface area contributed by atoms with E-state index in [1.807, 2.05) is 11.8 Å². The fourth-order valence-corrected chi connectivity index (χ4v) is 1.88. The monoisotopic (exact) mass is 187 g/mol. The minimum absolute atomic E-state index is 0.441. The van der Waals surface area contributed by atoms with Crippen molar-refractivity contribution in [2.24, 2.45) is 0 Å². The van der Waals surface area contributed by atoms with Crippen LogP contribution in [0.5, 0.6) is 0 Å². The Morgan fingerprint density at radius 1 is 1.42 bits per heavy atom. The van der Waals surface area contributed by atoms with E-state index in [4.69, 9.17) is 0 Å². The fourth-order valence-electron chi connectivity index (χ4n) is 1.46. The maximum atomic E-state index is 10.9. The third-order valence-corrected chi connectivity index (χ3v) is 2.93. The van der Waals surface area contributed by atoms with Gasteiger partial charge in [0.25, 0.3) is 0 Å². The van der Waals surface area contributed by atoms with Crippen molar-refractivity contribution < 1.29 is 4.79 Å². The number of piperidine rings is 1. The topological polar surface area (TPSA) is 20.3 Å². The molecule has 0 saturated carbocycles. The number of carbonyl (C=O) groups excluding carboxylic acids is 1. The summed E-state index contributed by atoms with van der Waals surface area (Å²) in [6.07, 6.45) is 4.95. The van der Waals surface area contributed by atoms with Gasteiger partial charge in [-0.1, -0.05) is 0 Å². The van der Waals surface area contributed by atoms with Gasteiger partial charge in [-0.15, -0.1) is 0 Å². The maximum Gasteiger partial charge on any atom is 0.135 e. The summed E-state index contributed by atoms with van der Waals surface area (Å²) >= 11 is 1.90. The van der Waals surface area contributed by atoms with Gasteiger partial charge in [-0.2, -0.15) is 11.8 Å². The lowest BCUT2D eigenvalue weighted by atomic mass is 10.1. The fraction of sp³-hybridized carbons (Fsp3) is 0.889. The van der Waals surface area contributed by atoms with E-state index in [2.05, 4.69) is 11.2 Å². The van der Waals surface area contributed by atoms with Crippen LogP contribution in [0.1, 0.15) is 19.3 Å². The first kappa shape index (κ1) is 10.1. The van der Waals surface area contributed by atoms with Crippen LogP contribution in [0.4, 0.5) is 0 Å². The van der Waals surface area contributed by atoms with Gasteiger partial charge in [0.1, 0.15) is 5.78 Å². The smallest absolute Gasteiger partial charge is 0.135 e. The molecule has 0 spiro atoms. The molecule has 3 heteroatoms. The van der Waals surface area contributed by atoms with Crippen molar-refractivity contribution in [2.75, 3.05) is 31.6 Å². The van der Waals surface area contributed by atoms with Gasteiger partial charge in [-0.3, -0.25) is 4.79 Å². The predicted molar refractivity (Wildman–Crippen MR) is 53.7 cm³/mol. The molecule has 70 valence electrons. The van der Waals surface area contributed by atoms with Crippen molar-refractivity contribution in [2.45, 2.75) is 19.3 Å². The number of likely N-dealkylation sites (tertiary alicyclic amines) is 1. The summed E-state index contributed by atoms with van der Waals surface area (Å²) < 4.78 is 0. The Morgan fingerprint density at radius 3 is 2.67 bits per heavy atom. The molecule has 1 rings (SSSR count). The third kappa shape index (κ3) is 3.59. The summed E-state index contributed by atoms with van der Waals surface area (Å²) in [5.74, 6) is 1.68. The van der Waals surface area contributed by atoms with E-state index in [1.54, 1.807) is 0 Å². The third-order valence-electron chi connectivity index (χ3n) is 2.24. The number of ketones is 1. The van der Waals surface area contributed by atoms with Gasteiger partial charge in [-0.25, -0.2) is 0 Å². The van der Waals surface area contributed by atoms with Gasteiger partial charge in [0.15, 0.2) is 0 Å². The van der Waals surface area contributed by atoms with E-state index < -0.39 is 0 Å². The molecular weight excluding hydrogens is 170 g/mol. The van der Waals surface area contributed by atoms with E-state index in [0.717, 1.165) is 25.9 Å². The predicted octanol–water partition coefficient (Wildman–Crippen LogP) is 1.40. The lowest BCUT2D eigenvalue weighted by Crippen LogP contribution is -2.34. The van der Waals surface area contributed by atoms with Crippen molar-refractivity contribution in [3.8, 4) is 0 Å². The largest absolute Gasteiger partial charge is 0.302 e. The minimum Gasteiger partial charge on any atom is -0.302 e. The zero-order valence-electron chi connectivity index (χ0n) is 7.71. The molecule has 0 unspecified atom stereocenters. The quantitative estimate of drug-likeness (QED) is 0.621. The normalized spacial score (nSPS) is 19.9. The summed E-state index contributed by atoms with van der Waals surface area (Å²) in [6.45, 7) is 3.16. The number of thioether (sulfide) groups is 1. The Hall–Kier alpha value is -0.0200. The molecule has 1 fully saturated rings. The highest BCUT2D eigenvalue weighted by atomic mass is 32.2. The van der Waals surface area contributed by atoms with Gasteiger partial charge >= 0.3 is 0 Å². The Bertz CT molecular complexity index is 139. The zero-order valence-corrected chi connectivity index (χ0v) is 8.53. The Balaban J connectivity index is 2.05. The Kier molecular flexibility index (Phi) is 4.69. The molecule has 0 aromatic heterocycles. The molecule has 1 heterocycles. The number of rotatable bonds is 4. The first-order valence-corrected chi connectivity index (χ1v) is 5.95. The molecule has 0 bridgehead atoms. The number of carbonyl (C=O) groups is 1. The highest BCUT2D eigenvalue weighted by Crippen LogP contribution is 2.06. The molecule has 0 atom stereocenters. The zero-order chi connectivity index (χ0) is 8.81. The number of nitrogens with zero attached hydrogens (tertiary/aromatic N) is 1. The molecular formula is C9H17NOS. The Labute approximate surface area is 78.7 Å². The molecule has 0 aromatic carbocycles. The average Bonchev–Trinajstić information content (AvgIpc) is 2.09. The van der Waals surface area contributed by atoms with Crippen molar-refractivity contribution in [3.63, 3.8) is 0 Å². The highest BCUT2D eigenvalue weighted by molar-refractivity contribution is 7.98. The van der Waals surface area contributed by atoms with Crippen molar-refractivity contribution >= 4 is 17.5 Å². The van der Waals surface area contributed by atoms with Crippen LogP contribution in [0.3, 0.4) is 0 Å². The highest BCUT2D eigenvalue weighted by Gasteiger charge is 2.14. The van der Waals surface area contributed by atoms with Crippen molar-refractivity contribution in [1.82, 2.24) is 4.90 Å². The molecule has 12 heavy (non-hydrogen) atoms. The van der Waals surface area contributed by atoms with Crippen LogP contribution in [0.25, 0.3) is 0 Å². The van der Waals surface area contributed by atoms with E-state index >= 15 is 0 Å². The maximum absolute atomic E-state index is 10.9. The lowest BCUT2D eigenvalue weighted by molar-refractivity contribution is -0.121. The molecule has 0 N–H and O–H groups in total. The summed E-state index contributed by atoms with van der Waals surface area (Å²) in [4.78, 5) is 13.3. The molecule has 2 nitrogen and oxygen atoms in total. The summed E-state index contributed by atoms with van der Waals surface area (Å²) in [5, 5.41) is 0. The number of hydrogen-bond acceptors (Lipinski definition) is 3. The average molecular weight is 187 g/mol. The van der Waals surface area contributed by atoms with Crippen LogP contribution in [0.2, 0.25) is 0 Å². The summed E-state index contributed by atoms with van der Waals surface area (Å²) in [5.41, 5.74) is 0. The van der Waals surface area contributed by atoms with Crippen LogP contribution in [0, 0.1) is 0 Å². The van der Waals surface area contributed by atoms with Crippen LogP contribution >= 0.6 is 11.8 Å². The number of Topliss-reactive ketones (excluding diaryl/α,β-unsaturated/α-hetero) is 1. The minimum atomic E-state index is 0.441. The molecule has 0 radical (unpaired) electrons. The molecule has 1 saturated heterocycles.